The Morgan fingerprint density at radius 1 is 0.441 bits per heavy atom. The lowest BCUT2D eigenvalue weighted by Gasteiger charge is -2.35. The summed E-state index contributed by atoms with van der Waals surface area (Å²) in [6, 6.07) is 47.0. The monoisotopic (exact) mass is 2020 g/mol. The molecule has 11 amide bonds. The number of aromatic nitrogens is 4. The summed E-state index contributed by atoms with van der Waals surface area (Å²) in [6.07, 6.45) is -1.93. The second-order valence-corrected chi connectivity index (χ2v) is 40.6. The van der Waals surface area contributed by atoms with Gasteiger partial charge in [-0.1, -0.05) is 169 Å². The maximum absolute atomic E-state index is 14.8. The summed E-state index contributed by atoms with van der Waals surface area (Å²) in [5.74, 6) is -4.93. The van der Waals surface area contributed by atoms with E-state index in [0.717, 1.165) is 103 Å². The average molecular weight is 2020 g/mol. The highest BCUT2D eigenvalue weighted by atomic mass is 32.1. The van der Waals surface area contributed by atoms with E-state index in [1.165, 1.54) is 50.9 Å². The molecular weight excluding hydrogens is 1890 g/mol. The number of aliphatic hydroxyl groups excluding tert-OH is 4. The Morgan fingerprint density at radius 2 is 0.786 bits per heavy atom. The highest BCUT2D eigenvalue weighted by molar-refractivity contribution is 7.13. The molecule has 0 aliphatic carbocycles. The van der Waals surface area contributed by atoms with Crippen molar-refractivity contribution in [2.45, 2.75) is 214 Å². The summed E-state index contributed by atoms with van der Waals surface area (Å²) in [5.41, 5.74) is 17.7. The molecule has 10 aromatic rings. The van der Waals surface area contributed by atoms with Gasteiger partial charge < -0.3 is 90.4 Å². The lowest BCUT2D eigenvalue weighted by molar-refractivity contribution is -0.158. The fourth-order valence-corrected chi connectivity index (χ4v) is 21.8. The predicted octanol–water partition coefficient (Wildman–Crippen LogP) is 9.29. The van der Waals surface area contributed by atoms with Crippen molar-refractivity contribution in [2.75, 3.05) is 57.4 Å². The van der Waals surface area contributed by atoms with Crippen molar-refractivity contribution < 1.29 is 91.8 Å². The van der Waals surface area contributed by atoms with Crippen molar-refractivity contribution in [3.8, 4) is 32.1 Å². The summed E-state index contributed by atoms with van der Waals surface area (Å²) in [6.45, 7) is 23.1. The molecule has 0 unspecified atom stereocenters. The third-order valence-electron chi connectivity index (χ3n) is 27.6. The van der Waals surface area contributed by atoms with E-state index >= 15 is 0 Å². The number of halogens is 1. The first-order chi connectivity index (χ1) is 69.5. The number of amides is 11. The van der Waals surface area contributed by atoms with Crippen LogP contribution in [-0.4, -0.2) is 271 Å². The normalized spacial score (nSPS) is 20.2. The van der Waals surface area contributed by atoms with Gasteiger partial charge in [0.25, 0.3) is 23.6 Å². The molecule has 8 N–H and O–H groups in total. The van der Waals surface area contributed by atoms with Crippen LogP contribution in [0.25, 0.3) is 32.1 Å². The standard InChI is InChI=1S/C29H31FN4O4S.C29H33N5O4.C29H36N4O5.C21H25N3O5S/c1-16(2)25(34-13-19-6-4-5-7-21(19)28(34)37)29(38)33-14-20(35)11-24(33)27(36)31-12-18-8-9-22(23(30)10-18)26-17(3)32-15-39-26;1-18(2)26(34-16-21-6-4-5-7-23(21)28(34)37)29(38)33-17-22(35)14-25(33)27(36)30-15-19-8-10-20(11-9-19)24-12-13-31-32(24)3;1-19(2)26(33-17-21-5-3-4-6-24(21)28(33)36)29(37)32-18-23(34)15-25(32)27(35)30-16-20-7-9-22(10-8-20)31-11-13-38-14-12-31;1-12-19(30-11-23-12)16-6-4-15(5-7-16)9-22-20(27)18-8-17(26)10-24(18)21(28)13(2)29-14(3)25/h4-10,15-16,20,24-25,35H,11-14H2,1-3H3,(H,31,36);4-13,18,22,25-26,35H,14-17H2,1-3H3,(H,30,36);3-10,19,23,25-26,34H,11-18H2,1-2H3,(H,30,35);4-7,11,13,17-18,26H,8-10H2,1-3H3,(H,22,27)/t20-,24+,25+;22-,25+,26+;23-,25+,26+;13-,17+,18-/m1110/s1. The molecule has 3 aromatic heterocycles. The maximum atomic E-state index is 14.8. The largest absolute Gasteiger partial charge is 0.453 e. The number of aliphatic hydroxyl groups is 4. The van der Waals surface area contributed by atoms with Gasteiger partial charge in [0, 0.05) is 159 Å². The van der Waals surface area contributed by atoms with Crippen molar-refractivity contribution in [3.63, 3.8) is 0 Å². The molecule has 0 spiro atoms. The number of rotatable bonds is 27. The van der Waals surface area contributed by atoms with Crippen LogP contribution in [0.2, 0.25) is 0 Å². The second-order valence-electron chi connectivity index (χ2n) is 38.9. The number of morpholine rings is 1. The van der Waals surface area contributed by atoms with E-state index in [1.54, 1.807) is 78.8 Å². The second kappa shape index (κ2) is 46.9. The lowest BCUT2D eigenvalue weighted by Crippen LogP contribution is -2.55. The number of benzene rings is 7. The van der Waals surface area contributed by atoms with Gasteiger partial charge >= 0.3 is 5.97 Å². The van der Waals surface area contributed by atoms with E-state index in [-0.39, 0.29) is 129 Å². The first-order valence-electron chi connectivity index (χ1n) is 49.0. The van der Waals surface area contributed by atoms with Crippen molar-refractivity contribution in [1.29, 1.82) is 0 Å². The molecule has 34 nitrogen and oxygen atoms in total. The van der Waals surface area contributed by atoms with Crippen LogP contribution in [0.3, 0.4) is 0 Å². The van der Waals surface area contributed by atoms with Crippen molar-refractivity contribution in [2.24, 2.45) is 24.8 Å². The van der Waals surface area contributed by atoms with Crippen LogP contribution in [-0.2, 0) is 105 Å². The molecule has 0 saturated carbocycles. The molecule has 5 saturated heterocycles. The quantitative estimate of drug-likeness (QED) is 0.0222. The number of carbonyl (C=O) groups is 12. The fourth-order valence-electron chi connectivity index (χ4n) is 20.2. The van der Waals surface area contributed by atoms with Crippen LogP contribution < -0.4 is 26.2 Å². The Morgan fingerprint density at radius 3 is 1.12 bits per heavy atom. The van der Waals surface area contributed by atoms with Gasteiger partial charge in [-0.2, -0.15) is 5.10 Å². The van der Waals surface area contributed by atoms with Gasteiger partial charge in [0.1, 0.15) is 48.1 Å². The van der Waals surface area contributed by atoms with E-state index in [4.69, 9.17) is 9.47 Å². The Labute approximate surface area is 849 Å². The molecule has 11 heterocycles. The maximum Gasteiger partial charge on any atom is 0.303 e. The summed E-state index contributed by atoms with van der Waals surface area (Å²) in [5, 5.41) is 56.9. The van der Waals surface area contributed by atoms with Crippen LogP contribution in [0.15, 0.2) is 187 Å². The van der Waals surface area contributed by atoms with Gasteiger partial charge in [-0.25, -0.2) is 14.4 Å². The molecule has 145 heavy (non-hydrogen) atoms. The zero-order valence-corrected chi connectivity index (χ0v) is 84.7. The number of fused-ring (bicyclic) bond motifs is 3. The van der Waals surface area contributed by atoms with Gasteiger partial charge in [-0.3, -0.25) is 62.2 Å². The average Bonchev–Trinajstić information content (AvgIpc) is 1.63. The van der Waals surface area contributed by atoms with E-state index in [9.17, 15) is 82.4 Å². The van der Waals surface area contributed by atoms with Gasteiger partial charge in [0.05, 0.1) is 75.5 Å². The Kier molecular flexibility index (Phi) is 34.1. The summed E-state index contributed by atoms with van der Waals surface area (Å²) in [7, 11) is 1.88. The number of nitrogens with zero attached hydrogens (tertiary/aromatic N) is 12. The third-order valence-corrected chi connectivity index (χ3v) is 29.5. The minimum atomic E-state index is -1.01. The molecule has 8 aliphatic rings. The number of esters is 1. The number of aryl methyl sites for hydroxylation is 3. The number of thiazole rings is 2. The highest BCUT2D eigenvalue weighted by Crippen LogP contribution is 2.38. The molecule has 8 aliphatic heterocycles. The SMILES string of the molecule is CC(=O)O[C@@H](C)C(=O)N1C[C@H](O)C[C@H]1C(=O)NCc1ccc(-c2scnc2C)cc1.CC(C)[C@@H](C(=O)N1C[C@H](O)C[C@H]1C(=O)NCc1ccc(-c2ccnn2C)cc1)N1Cc2ccccc2C1=O.CC(C)[C@@H](C(=O)N1C[C@H](O)C[C@H]1C(=O)NCc1ccc(N2CCOCC2)cc1)N1Cc2ccccc2C1=O.Cc1ncsc1-c1ccc(CNC(=O)[C@@H]2C[C@@H](O)CN2C(=O)[C@H](C(C)C)N2Cc3ccccc3C2=O)cc1F. The number of ether oxygens (including phenoxy) is 2. The molecule has 0 radical (unpaired) electrons. The molecule has 12 atom stereocenters. The molecule has 0 bridgehead atoms. The van der Waals surface area contributed by atoms with Crippen molar-refractivity contribution in [3.05, 3.63) is 260 Å². The minimum Gasteiger partial charge on any atom is -0.453 e. The zero-order chi connectivity index (χ0) is 103. The van der Waals surface area contributed by atoms with Crippen LogP contribution >= 0.6 is 22.7 Å². The van der Waals surface area contributed by atoms with Gasteiger partial charge in [-0.15, -0.1) is 22.7 Å². The first kappa shape index (κ1) is 105. The van der Waals surface area contributed by atoms with Crippen molar-refractivity contribution >= 4 is 99.3 Å². The van der Waals surface area contributed by atoms with Gasteiger partial charge in [0.2, 0.25) is 41.4 Å². The molecule has 7 aromatic carbocycles. The summed E-state index contributed by atoms with van der Waals surface area (Å²) in [4.78, 5) is 180. The number of β-amino-alcohol motifs (C(OH)–C–C–N with tert-alkyl or cyclic N) is 4. The van der Waals surface area contributed by atoms with E-state index in [0.29, 0.717) is 67.1 Å². The van der Waals surface area contributed by atoms with Crippen LogP contribution in [0.5, 0.6) is 0 Å². The van der Waals surface area contributed by atoms with E-state index in [2.05, 4.69) is 41.2 Å². The molecule has 764 valence electrons. The van der Waals surface area contributed by atoms with E-state index in [1.807, 2.05) is 195 Å². The molecular formula is C108H125FN16O18S2. The smallest absolute Gasteiger partial charge is 0.303 e. The third kappa shape index (κ3) is 24.4. The zero-order valence-electron chi connectivity index (χ0n) is 83.1. The van der Waals surface area contributed by atoms with Gasteiger partial charge in [-0.05, 0) is 131 Å². The summed E-state index contributed by atoms with van der Waals surface area (Å²) >= 11 is 2.94. The topological polar surface area (TPSA) is 422 Å². The molecule has 5 fully saturated rings. The number of anilines is 1. The van der Waals surface area contributed by atoms with Crippen LogP contribution in [0.1, 0.15) is 162 Å². The number of carbonyl (C=O) groups excluding carboxylic acids is 12. The predicted molar refractivity (Wildman–Crippen MR) is 541 cm³/mol. The Balaban J connectivity index is 0.000000146. The van der Waals surface area contributed by atoms with Crippen LogP contribution in [0, 0.1) is 37.4 Å². The van der Waals surface area contributed by atoms with Crippen LogP contribution in [0.4, 0.5) is 10.1 Å². The number of hydrogen-bond acceptors (Lipinski definition) is 24. The van der Waals surface area contributed by atoms with Gasteiger partial charge in [0.15, 0.2) is 6.10 Å². The highest BCUT2D eigenvalue weighted by Gasteiger charge is 2.51. The lowest BCUT2D eigenvalue weighted by atomic mass is 10.0. The number of nitrogens with one attached hydrogen (secondary N) is 4. The number of hydrogen-bond donors (Lipinski definition) is 8. The number of likely N-dealkylation sites (tertiary alicyclic amines) is 4. The van der Waals surface area contributed by atoms with E-state index < -0.39 is 96.4 Å². The first-order valence-corrected chi connectivity index (χ1v) is 50.8. The fraction of sp³-hybridized carbons (Fsp3) is 0.417. The molecule has 18 rings (SSSR count). The minimum absolute atomic E-state index is 0.00659. The summed E-state index contributed by atoms with van der Waals surface area (Å²) < 4.78 is 27.0. The molecule has 37 heteroatoms. The Bertz CT molecular complexity index is 6390. The van der Waals surface area contributed by atoms with Crippen molar-refractivity contribution in [1.82, 2.24) is 75.3 Å². The Hall–Kier alpha value is -13.8.